The molecule has 0 atom stereocenters. The maximum absolute atomic E-state index is 11.9. The van der Waals surface area contributed by atoms with Gasteiger partial charge < -0.3 is 14.6 Å². The Morgan fingerprint density at radius 1 is 1.38 bits per heavy atom. The number of rotatable bonds is 7. The lowest BCUT2D eigenvalue weighted by molar-refractivity contribution is -0.121. The fourth-order valence-electron chi connectivity index (χ4n) is 2.15. The summed E-state index contributed by atoms with van der Waals surface area (Å²) < 4.78 is 7.33. The van der Waals surface area contributed by atoms with Gasteiger partial charge in [0.05, 0.1) is 6.10 Å². The molecule has 2 rings (SSSR count). The number of fused-ring (bicyclic) bond motifs is 1. The predicted molar refractivity (Wildman–Crippen MR) is 85.7 cm³/mol. The number of halogens is 1. The van der Waals surface area contributed by atoms with E-state index in [4.69, 9.17) is 16.3 Å². The molecule has 0 saturated heterocycles. The number of benzene rings is 1. The van der Waals surface area contributed by atoms with Crippen LogP contribution in [0.2, 0.25) is 5.02 Å². The van der Waals surface area contributed by atoms with Crippen LogP contribution in [0.15, 0.2) is 30.5 Å². The van der Waals surface area contributed by atoms with Crippen LogP contribution in [0, 0.1) is 0 Å². The molecule has 1 N–H and O–H groups in total. The van der Waals surface area contributed by atoms with Crippen molar-refractivity contribution in [3.63, 3.8) is 0 Å². The molecule has 0 fully saturated rings. The Morgan fingerprint density at radius 2 is 2.19 bits per heavy atom. The van der Waals surface area contributed by atoms with E-state index >= 15 is 0 Å². The lowest BCUT2D eigenvalue weighted by Crippen LogP contribution is -2.29. The minimum Gasteiger partial charge on any atom is -0.379 e. The van der Waals surface area contributed by atoms with Crippen molar-refractivity contribution >= 4 is 28.4 Å². The molecule has 1 amide bonds. The SMILES string of the molecule is CC(C)OCCCNC(=O)Cn1ccc2c(Cl)cccc21. The molecule has 5 heteroatoms. The Hall–Kier alpha value is -1.52. The molecule has 114 valence electrons. The van der Waals surface area contributed by atoms with E-state index in [0.717, 1.165) is 17.3 Å². The van der Waals surface area contributed by atoms with E-state index in [1.54, 1.807) is 0 Å². The molecular formula is C16H21ClN2O2. The van der Waals surface area contributed by atoms with E-state index in [1.807, 2.05) is 48.9 Å². The molecule has 1 heterocycles. The van der Waals surface area contributed by atoms with Crippen LogP contribution in [0.3, 0.4) is 0 Å². The number of nitrogens with zero attached hydrogens (tertiary/aromatic N) is 1. The van der Waals surface area contributed by atoms with E-state index in [-0.39, 0.29) is 12.0 Å². The molecule has 0 saturated carbocycles. The van der Waals surface area contributed by atoms with Gasteiger partial charge in [-0.1, -0.05) is 17.7 Å². The average Bonchev–Trinajstić information content (AvgIpc) is 2.83. The average molecular weight is 309 g/mol. The molecule has 1 aromatic heterocycles. The number of ether oxygens (including phenoxy) is 1. The van der Waals surface area contributed by atoms with Crippen LogP contribution in [0.25, 0.3) is 10.9 Å². The van der Waals surface area contributed by atoms with E-state index < -0.39 is 0 Å². The normalized spacial score (nSPS) is 11.2. The first-order valence-corrected chi connectivity index (χ1v) is 7.57. The molecule has 0 radical (unpaired) electrons. The molecule has 0 bridgehead atoms. The van der Waals surface area contributed by atoms with Gasteiger partial charge in [0, 0.05) is 35.3 Å². The van der Waals surface area contributed by atoms with Gasteiger partial charge in [0.25, 0.3) is 0 Å². The minimum atomic E-state index is -0.00276. The lowest BCUT2D eigenvalue weighted by Gasteiger charge is -2.09. The van der Waals surface area contributed by atoms with Gasteiger partial charge in [-0.15, -0.1) is 0 Å². The van der Waals surface area contributed by atoms with Gasteiger partial charge >= 0.3 is 0 Å². The zero-order chi connectivity index (χ0) is 15.2. The summed E-state index contributed by atoms with van der Waals surface area (Å²) in [6.07, 6.45) is 2.94. The Labute approximate surface area is 130 Å². The van der Waals surface area contributed by atoms with Gasteiger partial charge in [0.15, 0.2) is 0 Å². The highest BCUT2D eigenvalue weighted by molar-refractivity contribution is 6.35. The van der Waals surface area contributed by atoms with Crippen molar-refractivity contribution in [2.75, 3.05) is 13.2 Å². The van der Waals surface area contributed by atoms with Crippen molar-refractivity contribution in [1.82, 2.24) is 9.88 Å². The Balaban J connectivity index is 1.83. The number of hydrogen-bond acceptors (Lipinski definition) is 2. The van der Waals surface area contributed by atoms with Crippen molar-refractivity contribution in [2.45, 2.75) is 32.9 Å². The molecule has 0 spiro atoms. The molecule has 0 unspecified atom stereocenters. The fourth-order valence-corrected chi connectivity index (χ4v) is 2.39. The Kier molecular flexibility index (Phi) is 5.65. The van der Waals surface area contributed by atoms with E-state index in [0.29, 0.717) is 24.7 Å². The third-order valence-corrected chi connectivity index (χ3v) is 3.50. The third-order valence-electron chi connectivity index (χ3n) is 3.17. The molecule has 4 nitrogen and oxygen atoms in total. The molecule has 0 aliphatic rings. The topological polar surface area (TPSA) is 43.3 Å². The zero-order valence-corrected chi connectivity index (χ0v) is 13.2. The van der Waals surface area contributed by atoms with Gasteiger partial charge in [-0.3, -0.25) is 4.79 Å². The summed E-state index contributed by atoms with van der Waals surface area (Å²) >= 11 is 6.12. The first-order chi connectivity index (χ1) is 10.1. The second-order valence-electron chi connectivity index (χ2n) is 5.24. The summed E-state index contributed by atoms with van der Waals surface area (Å²) in [5.41, 5.74) is 0.973. The summed E-state index contributed by atoms with van der Waals surface area (Å²) in [5, 5.41) is 4.58. The van der Waals surface area contributed by atoms with Crippen molar-refractivity contribution in [3.8, 4) is 0 Å². The summed E-state index contributed by atoms with van der Waals surface area (Å²) in [6, 6.07) is 7.64. The number of carbonyl (C=O) groups excluding carboxylic acids is 1. The van der Waals surface area contributed by atoms with Gasteiger partial charge in [-0.25, -0.2) is 0 Å². The number of aromatic nitrogens is 1. The number of carbonyl (C=O) groups is 1. The molecule has 0 aliphatic carbocycles. The minimum absolute atomic E-state index is 0.00276. The molecular weight excluding hydrogens is 288 g/mol. The van der Waals surface area contributed by atoms with Crippen LogP contribution in [0.1, 0.15) is 20.3 Å². The van der Waals surface area contributed by atoms with E-state index in [1.165, 1.54) is 0 Å². The highest BCUT2D eigenvalue weighted by Gasteiger charge is 2.07. The van der Waals surface area contributed by atoms with Gasteiger partial charge in [0.2, 0.25) is 5.91 Å². The van der Waals surface area contributed by atoms with Gasteiger partial charge in [0.1, 0.15) is 6.54 Å². The monoisotopic (exact) mass is 308 g/mol. The van der Waals surface area contributed by atoms with Crippen molar-refractivity contribution in [1.29, 1.82) is 0 Å². The highest BCUT2D eigenvalue weighted by Crippen LogP contribution is 2.23. The lowest BCUT2D eigenvalue weighted by atomic mass is 10.2. The molecule has 1 aromatic carbocycles. The van der Waals surface area contributed by atoms with Crippen LogP contribution in [-0.2, 0) is 16.1 Å². The molecule has 2 aromatic rings. The van der Waals surface area contributed by atoms with Crippen LogP contribution >= 0.6 is 11.6 Å². The summed E-state index contributed by atoms with van der Waals surface area (Å²) in [7, 11) is 0. The van der Waals surface area contributed by atoms with Gasteiger partial charge in [-0.2, -0.15) is 0 Å². The largest absolute Gasteiger partial charge is 0.379 e. The fraction of sp³-hybridized carbons (Fsp3) is 0.438. The quantitative estimate of drug-likeness (QED) is 0.798. The maximum Gasteiger partial charge on any atom is 0.239 e. The number of hydrogen-bond donors (Lipinski definition) is 1. The van der Waals surface area contributed by atoms with Crippen LogP contribution in [-0.4, -0.2) is 29.7 Å². The van der Waals surface area contributed by atoms with Crippen LogP contribution in [0.4, 0.5) is 0 Å². The van der Waals surface area contributed by atoms with Crippen molar-refractivity contribution in [3.05, 3.63) is 35.5 Å². The smallest absolute Gasteiger partial charge is 0.239 e. The van der Waals surface area contributed by atoms with Crippen molar-refractivity contribution < 1.29 is 9.53 Å². The summed E-state index contributed by atoms with van der Waals surface area (Å²) in [6.45, 7) is 5.60. The second kappa shape index (κ2) is 7.48. The third kappa shape index (κ3) is 4.48. The molecule has 21 heavy (non-hydrogen) atoms. The summed E-state index contributed by atoms with van der Waals surface area (Å²) in [4.78, 5) is 11.9. The molecule has 0 aliphatic heterocycles. The predicted octanol–water partition coefficient (Wildman–Crippen LogP) is 3.23. The Morgan fingerprint density at radius 3 is 2.95 bits per heavy atom. The maximum atomic E-state index is 11.9. The van der Waals surface area contributed by atoms with Gasteiger partial charge in [-0.05, 0) is 38.5 Å². The Bertz CT molecular complexity index is 607. The highest BCUT2D eigenvalue weighted by atomic mass is 35.5. The summed E-state index contributed by atoms with van der Waals surface area (Å²) in [5.74, 6) is -0.00276. The van der Waals surface area contributed by atoms with Crippen LogP contribution in [0.5, 0.6) is 0 Å². The standard InChI is InChI=1S/C16H21ClN2O2/c1-12(2)21-10-4-8-18-16(20)11-19-9-7-13-14(17)5-3-6-15(13)19/h3,5-7,9,12H,4,8,10-11H2,1-2H3,(H,18,20). The number of nitrogens with one attached hydrogen (secondary N) is 1. The second-order valence-corrected chi connectivity index (χ2v) is 5.65. The van der Waals surface area contributed by atoms with E-state index in [2.05, 4.69) is 5.32 Å². The van der Waals surface area contributed by atoms with Crippen molar-refractivity contribution in [2.24, 2.45) is 0 Å². The first-order valence-electron chi connectivity index (χ1n) is 7.19. The first kappa shape index (κ1) is 15.9. The number of amides is 1. The zero-order valence-electron chi connectivity index (χ0n) is 12.4. The van der Waals surface area contributed by atoms with E-state index in [9.17, 15) is 4.79 Å². The van der Waals surface area contributed by atoms with Crippen LogP contribution < -0.4 is 5.32 Å².